The van der Waals surface area contributed by atoms with E-state index in [4.69, 9.17) is 0 Å². The molecule has 0 heterocycles. The summed E-state index contributed by atoms with van der Waals surface area (Å²) in [4.78, 5) is 0. The summed E-state index contributed by atoms with van der Waals surface area (Å²) < 4.78 is 0. The average molecular weight is 247 g/mol. The third-order valence-corrected chi connectivity index (χ3v) is 3.97. The normalized spacial score (nSPS) is 22.8. The quantitative estimate of drug-likeness (QED) is 0.838. The van der Waals surface area contributed by atoms with Gasteiger partial charge in [0, 0.05) is 12.6 Å². The lowest BCUT2D eigenvalue weighted by Crippen LogP contribution is -2.36. The molecule has 1 aromatic rings. The van der Waals surface area contributed by atoms with Crippen molar-refractivity contribution in [2.75, 3.05) is 6.54 Å². The molecule has 1 aliphatic rings. The van der Waals surface area contributed by atoms with Crippen LogP contribution in [0, 0.1) is 5.41 Å². The second kappa shape index (κ2) is 5.41. The average Bonchev–Trinajstić information content (AvgIpc) is 2.56. The summed E-state index contributed by atoms with van der Waals surface area (Å²) >= 11 is 0. The Morgan fingerprint density at radius 2 is 2.11 bits per heavy atom. The highest BCUT2D eigenvalue weighted by atomic mass is 16.3. The lowest BCUT2D eigenvalue weighted by Gasteiger charge is -2.29. The van der Waals surface area contributed by atoms with Crippen molar-refractivity contribution >= 4 is 0 Å². The van der Waals surface area contributed by atoms with Crippen LogP contribution in [0.5, 0.6) is 0 Å². The number of nitrogens with one attached hydrogen (secondary N) is 1. The predicted octanol–water partition coefficient (Wildman–Crippen LogP) is 3.06. The summed E-state index contributed by atoms with van der Waals surface area (Å²) in [6, 6.07) is 9.02. The van der Waals surface area contributed by atoms with Gasteiger partial charge in [-0.05, 0) is 29.4 Å². The van der Waals surface area contributed by atoms with Gasteiger partial charge < -0.3 is 10.4 Å². The SMILES string of the molecule is CCCC(O)CNC1c2ccccc2CC1(C)C. The summed E-state index contributed by atoms with van der Waals surface area (Å²) in [5.41, 5.74) is 3.09. The fourth-order valence-electron chi connectivity index (χ4n) is 3.07. The van der Waals surface area contributed by atoms with Gasteiger partial charge in [-0.25, -0.2) is 0 Å². The highest BCUT2D eigenvalue weighted by Crippen LogP contribution is 2.44. The van der Waals surface area contributed by atoms with Gasteiger partial charge in [-0.2, -0.15) is 0 Å². The Morgan fingerprint density at radius 1 is 1.39 bits per heavy atom. The van der Waals surface area contributed by atoms with Crippen molar-refractivity contribution in [1.29, 1.82) is 0 Å². The first-order valence-corrected chi connectivity index (χ1v) is 7.04. The monoisotopic (exact) mass is 247 g/mol. The molecule has 2 N–H and O–H groups in total. The van der Waals surface area contributed by atoms with Crippen molar-refractivity contribution in [2.45, 2.75) is 52.2 Å². The minimum absolute atomic E-state index is 0.224. The molecule has 1 aliphatic carbocycles. The molecular weight excluding hydrogens is 222 g/mol. The molecule has 2 atom stereocenters. The van der Waals surface area contributed by atoms with Gasteiger partial charge in [0.15, 0.2) is 0 Å². The zero-order chi connectivity index (χ0) is 13.2. The van der Waals surface area contributed by atoms with E-state index < -0.39 is 0 Å². The topological polar surface area (TPSA) is 32.3 Å². The van der Waals surface area contributed by atoms with E-state index in [1.807, 2.05) is 0 Å². The zero-order valence-corrected chi connectivity index (χ0v) is 11.7. The second-order valence-corrected chi connectivity index (χ2v) is 6.15. The number of aliphatic hydroxyl groups excluding tert-OH is 1. The maximum Gasteiger partial charge on any atom is 0.0664 e. The van der Waals surface area contributed by atoms with Gasteiger partial charge >= 0.3 is 0 Å². The minimum Gasteiger partial charge on any atom is -0.392 e. The van der Waals surface area contributed by atoms with Crippen LogP contribution in [0.2, 0.25) is 0 Å². The molecule has 18 heavy (non-hydrogen) atoms. The van der Waals surface area contributed by atoms with Gasteiger partial charge in [0.2, 0.25) is 0 Å². The Kier molecular flexibility index (Phi) is 4.08. The van der Waals surface area contributed by atoms with Crippen molar-refractivity contribution in [3.8, 4) is 0 Å². The zero-order valence-electron chi connectivity index (χ0n) is 11.7. The smallest absolute Gasteiger partial charge is 0.0664 e. The van der Waals surface area contributed by atoms with Crippen molar-refractivity contribution in [3.63, 3.8) is 0 Å². The van der Waals surface area contributed by atoms with E-state index in [0.717, 1.165) is 19.3 Å². The summed E-state index contributed by atoms with van der Waals surface area (Å²) in [7, 11) is 0. The predicted molar refractivity (Wildman–Crippen MR) is 75.6 cm³/mol. The van der Waals surface area contributed by atoms with Crippen LogP contribution in [0.1, 0.15) is 50.8 Å². The Bertz CT molecular complexity index is 400. The van der Waals surface area contributed by atoms with Gasteiger partial charge in [0.25, 0.3) is 0 Å². The number of rotatable bonds is 5. The molecule has 2 unspecified atom stereocenters. The molecule has 0 bridgehead atoms. The van der Waals surface area contributed by atoms with Gasteiger partial charge in [0.1, 0.15) is 0 Å². The van der Waals surface area contributed by atoms with Crippen molar-refractivity contribution < 1.29 is 5.11 Å². The highest BCUT2D eigenvalue weighted by Gasteiger charge is 2.38. The van der Waals surface area contributed by atoms with Crippen LogP contribution >= 0.6 is 0 Å². The van der Waals surface area contributed by atoms with Crippen LogP contribution in [0.4, 0.5) is 0 Å². The first-order chi connectivity index (χ1) is 8.54. The van der Waals surface area contributed by atoms with Crippen molar-refractivity contribution in [1.82, 2.24) is 5.32 Å². The third kappa shape index (κ3) is 2.76. The molecule has 0 radical (unpaired) electrons. The molecule has 0 aliphatic heterocycles. The molecular formula is C16H25NO. The second-order valence-electron chi connectivity index (χ2n) is 6.15. The first kappa shape index (κ1) is 13.6. The van der Waals surface area contributed by atoms with Gasteiger partial charge in [-0.1, -0.05) is 51.5 Å². The fourth-order valence-corrected chi connectivity index (χ4v) is 3.07. The van der Waals surface area contributed by atoms with E-state index in [-0.39, 0.29) is 11.5 Å². The number of hydrogen-bond acceptors (Lipinski definition) is 2. The Morgan fingerprint density at radius 3 is 2.83 bits per heavy atom. The van der Waals surface area contributed by atoms with Crippen molar-refractivity contribution in [2.24, 2.45) is 5.41 Å². The van der Waals surface area contributed by atoms with Crippen LogP contribution in [0.3, 0.4) is 0 Å². The number of hydrogen-bond donors (Lipinski definition) is 2. The van der Waals surface area contributed by atoms with Gasteiger partial charge in [-0.15, -0.1) is 0 Å². The van der Waals surface area contributed by atoms with Crippen LogP contribution in [-0.4, -0.2) is 17.8 Å². The first-order valence-electron chi connectivity index (χ1n) is 7.04. The van der Waals surface area contributed by atoms with E-state index in [1.54, 1.807) is 0 Å². The lowest BCUT2D eigenvalue weighted by molar-refractivity contribution is 0.144. The molecule has 1 aromatic carbocycles. The van der Waals surface area contributed by atoms with Crippen molar-refractivity contribution in [3.05, 3.63) is 35.4 Å². The summed E-state index contributed by atoms with van der Waals surface area (Å²) in [5.74, 6) is 0. The van der Waals surface area contributed by atoms with Gasteiger partial charge in [-0.3, -0.25) is 0 Å². The molecule has 0 amide bonds. The standard InChI is InChI=1S/C16H25NO/c1-4-7-13(18)11-17-15-14-9-6-5-8-12(14)10-16(15,2)3/h5-6,8-9,13,15,17-18H,4,7,10-11H2,1-3H3. The molecule has 0 fully saturated rings. The van der Waals surface area contributed by atoms with Gasteiger partial charge in [0.05, 0.1) is 6.10 Å². The maximum atomic E-state index is 9.87. The number of benzene rings is 1. The third-order valence-electron chi connectivity index (χ3n) is 3.97. The largest absolute Gasteiger partial charge is 0.392 e. The summed E-state index contributed by atoms with van der Waals surface area (Å²) in [6.45, 7) is 7.40. The fraction of sp³-hybridized carbons (Fsp3) is 0.625. The molecule has 0 saturated heterocycles. The summed E-state index contributed by atoms with van der Waals surface area (Å²) in [5, 5.41) is 13.4. The molecule has 2 rings (SSSR count). The van der Waals surface area contributed by atoms with E-state index in [9.17, 15) is 5.11 Å². The molecule has 0 spiro atoms. The molecule has 0 saturated carbocycles. The van der Waals surface area contributed by atoms with E-state index >= 15 is 0 Å². The molecule has 0 aromatic heterocycles. The Hall–Kier alpha value is -0.860. The van der Waals surface area contributed by atoms with E-state index in [2.05, 4.69) is 50.4 Å². The van der Waals surface area contributed by atoms with E-state index in [1.165, 1.54) is 11.1 Å². The minimum atomic E-state index is -0.224. The molecule has 2 nitrogen and oxygen atoms in total. The Balaban J connectivity index is 2.06. The van der Waals surface area contributed by atoms with Crippen LogP contribution in [-0.2, 0) is 6.42 Å². The summed E-state index contributed by atoms with van der Waals surface area (Å²) in [6.07, 6.45) is 2.80. The lowest BCUT2D eigenvalue weighted by atomic mass is 9.85. The van der Waals surface area contributed by atoms with E-state index in [0.29, 0.717) is 12.6 Å². The van der Waals surface area contributed by atoms with Crippen LogP contribution in [0.15, 0.2) is 24.3 Å². The molecule has 2 heteroatoms. The number of fused-ring (bicyclic) bond motifs is 1. The number of aliphatic hydroxyl groups is 1. The maximum absolute atomic E-state index is 9.87. The van der Waals surface area contributed by atoms with Crippen LogP contribution < -0.4 is 5.32 Å². The highest BCUT2D eigenvalue weighted by molar-refractivity contribution is 5.37. The van der Waals surface area contributed by atoms with Crippen LogP contribution in [0.25, 0.3) is 0 Å². The molecule has 100 valence electrons. The Labute approximate surface area is 110 Å².